The zero-order valence-electron chi connectivity index (χ0n) is 47.3. The second-order valence-corrected chi connectivity index (χ2v) is 21.2. The van der Waals surface area contributed by atoms with Gasteiger partial charge in [-0.15, -0.1) is 0 Å². The molecule has 0 aromatic heterocycles. The summed E-state index contributed by atoms with van der Waals surface area (Å²) in [5.74, 6) is -1.56. The number of aliphatic hydroxyl groups is 1. The number of hydrogen-bond acceptors (Lipinski definition) is 10. The van der Waals surface area contributed by atoms with Gasteiger partial charge in [0.05, 0.1) is 19.8 Å². The van der Waals surface area contributed by atoms with Gasteiger partial charge in [0.15, 0.2) is 6.10 Å². The molecule has 0 fully saturated rings. The van der Waals surface area contributed by atoms with Crippen molar-refractivity contribution in [2.24, 2.45) is 0 Å². The van der Waals surface area contributed by atoms with Crippen molar-refractivity contribution in [2.45, 2.75) is 277 Å². The van der Waals surface area contributed by atoms with E-state index in [9.17, 15) is 28.9 Å². The van der Waals surface area contributed by atoms with Crippen LogP contribution in [-0.2, 0) is 42.2 Å². The summed E-state index contributed by atoms with van der Waals surface area (Å²) in [5.41, 5.74) is 0. The van der Waals surface area contributed by atoms with Gasteiger partial charge >= 0.3 is 25.7 Å². The zero-order chi connectivity index (χ0) is 54.1. The Labute approximate surface area is 452 Å². The van der Waals surface area contributed by atoms with Crippen LogP contribution < -0.4 is 0 Å². The quantitative estimate of drug-likeness (QED) is 0.0197. The van der Waals surface area contributed by atoms with E-state index in [1.807, 2.05) is 12.2 Å². The van der Waals surface area contributed by atoms with E-state index in [-0.39, 0.29) is 25.9 Å². The largest absolute Gasteiger partial charge is 0.472 e. The molecule has 3 atom stereocenters. The number of phosphoric acid groups is 1. The van der Waals surface area contributed by atoms with Crippen LogP contribution in [0.4, 0.5) is 0 Å². The van der Waals surface area contributed by atoms with Gasteiger partial charge in [0.25, 0.3) is 0 Å². The van der Waals surface area contributed by atoms with Gasteiger partial charge in [-0.3, -0.25) is 23.4 Å². The lowest BCUT2D eigenvalue weighted by Gasteiger charge is -2.21. The Bertz CT molecular complexity index is 1520. The van der Waals surface area contributed by atoms with Gasteiger partial charge in [0, 0.05) is 19.3 Å². The molecule has 0 bridgehead atoms. The van der Waals surface area contributed by atoms with E-state index in [0.717, 1.165) is 89.9 Å². The average molecular weight is 1060 g/mol. The minimum absolute atomic E-state index is 0.0545. The number of ether oxygens (including phenoxy) is 3. The molecule has 11 nitrogen and oxygen atoms in total. The first-order valence-corrected chi connectivity index (χ1v) is 31.3. The summed E-state index contributed by atoms with van der Waals surface area (Å²) < 4.78 is 39.5. The normalized spacial score (nSPS) is 13.9. The Hall–Kier alpha value is -3.08. The molecule has 0 radical (unpaired) electrons. The molecular weight excluding hydrogens is 952 g/mol. The molecule has 0 aromatic carbocycles. The van der Waals surface area contributed by atoms with Crippen molar-refractivity contribution in [1.82, 2.24) is 0 Å². The summed E-state index contributed by atoms with van der Waals surface area (Å²) in [4.78, 5) is 48.5. The van der Waals surface area contributed by atoms with Crippen LogP contribution in [0.25, 0.3) is 0 Å². The van der Waals surface area contributed by atoms with Crippen LogP contribution in [0.2, 0.25) is 0 Å². The van der Waals surface area contributed by atoms with Crippen molar-refractivity contribution in [3.63, 3.8) is 0 Å². The van der Waals surface area contributed by atoms with Crippen molar-refractivity contribution >= 4 is 25.7 Å². The van der Waals surface area contributed by atoms with E-state index in [0.29, 0.717) is 19.3 Å². The smallest absolute Gasteiger partial charge is 0.462 e. The van der Waals surface area contributed by atoms with Crippen LogP contribution in [0.15, 0.2) is 72.9 Å². The van der Waals surface area contributed by atoms with Gasteiger partial charge in [-0.1, -0.05) is 241 Å². The molecule has 0 rings (SSSR count). The molecule has 12 heteroatoms. The fourth-order valence-electron chi connectivity index (χ4n) is 8.11. The molecule has 0 aliphatic carbocycles. The standard InChI is InChI=1S/C62H109O11P/c1-4-7-10-13-16-19-22-25-27-28-29-30-32-35-38-41-44-47-50-53-62(66)73-59(55-69-60(64)51-48-45-42-39-36-34-31-26-23-20-17-14-11-8-5-2)57-71-74(67,68)70-56-58(54-63)72-61(65)52-49-46-43-40-37-33-24-21-18-15-12-9-6-3/h9,12,17-18,20-21,26,31,33,37,43,46,58-59,63H,4-8,10-11,13-16,19,22-25,27-30,32,34-36,38-42,44-45,47-57H2,1-3H3,(H,67,68)/b12-9-,20-17-,21-18-,31-26-,37-33-,46-43-. The Morgan fingerprint density at radius 1 is 0.392 bits per heavy atom. The van der Waals surface area contributed by atoms with E-state index < -0.39 is 57.8 Å². The summed E-state index contributed by atoms with van der Waals surface area (Å²) in [5, 5.41) is 9.79. The van der Waals surface area contributed by atoms with Crippen LogP contribution in [0, 0.1) is 0 Å². The number of unbranched alkanes of at least 4 members (excludes halogenated alkanes) is 26. The fraction of sp³-hybridized carbons (Fsp3) is 0.758. The van der Waals surface area contributed by atoms with Gasteiger partial charge in [-0.25, -0.2) is 4.57 Å². The van der Waals surface area contributed by atoms with Crippen molar-refractivity contribution in [3.8, 4) is 0 Å². The second kappa shape index (κ2) is 56.1. The number of phosphoric ester groups is 1. The van der Waals surface area contributed by atoms with E-state index in [1.165, 1.54) is 116 Å². The van der Waals surface area contributed by atoms with Crippen LogP contribution in [0.5, 0.6) is 0 Å². The molecule has 0 saturated heterocycles. The molecule has 0 heterocycles. The summed E-state index contributed by atoms with van der Waals surface area (Å²) in [7, 11) is -4.77. The van der Waals surface area contributed by atoms with Crippen molar-refractivity contribution in [2.75, 3.05) is 26.4 Å². The molecule has 2 N–H and O–H groups in total. The predicted molar refractivity (Wildman–Crippen MR) is 307 cm³/mol. The number of esters is 3. The van der Waals surface area contributed by atoms with Gasteiger partial charge in [-0.05, 0) is 77.0 Å². The molecule has 0 spiro atoms. The number of allylic oxidation sites excluding steroid dienone is 12. The molecule has 0 saturated carbocycles. The minimum Gasteiger partial charge on any atom is -0.462 e. The number of aliphatic hydroxyl groups excluding tert-OH is 1. The molecule has 0 aliphatic heterocycles. The highest BCUT2D eigenvalue weighted by molar-refractivity contribution is 7.47. The van der Waals surface area contributed by atoms with Crippen LogP contribution >= 0.6 is 7.82 Å². The van der Waals surface area contributed by atoms with Crippen molar-refractivity contribution in [1.29, 1.82) is 0 Å². The van der Waals surface area contributed by atoms with E-state index in [4.69, 9.17) is 23.3 Å². The van der Waals surface area contributed by atoms with Crippen molar-refractivity contribution < 1.29 is 52.2 Å². The molecule has 0 amide bonds. The Morgan fingerprint density at radius 2 is 0.730 bits per heavy atom. The summed E-state index contributed by atoms with van der Waals surface area (Å²) in [6, 6.07) is 0. The number of hydrogen-bond donors (Lipinski definition) is 2. The molecular formula is C62H109O11P. The van der Waals surface area contributed by atoms with Gasteiger partial charge in [0.1, 0.15) is 12.7 Å². The second-order valence-electron chi connectivity index (χ2n) is 19.8. The fourth-order valence-corrected chi connectivity index (χ4v) is 8.89. The van der Waals surface area contributed by atoms with Crippen LogP contribution in [0.3, 0.4) is 0 Å². The van der Waals surface area contributed by atoms with Crippen LogP contribution in [0.1, 0.15) is 265 Å². The number of carbonyl (C=O) groups is 3. The Kier molecular flexibility index (Phi) is 53.8. The Balaban J connectivity index is 4.76. The molecule has 3 unspecified atom stereocenters. The van der Waals surface area contributed by atoms with Gasteiger partial charge in [0.2, 0.25) is 0 Å². The van der Waals surface area contributed by atoms with Crippen molar-refractivity contribution in [3.05, 3.63) is 72.9 Å². The highest BCUT2D eigenvalue weighted by Gasteiger charge is 2.28. The first kappa shape index (κ1) is 70.9. The van der Waals surface area contributed by atoms with E-state index in [1.54, 1.807) is 0 Å². The lowest BCUT2D eigenvalue weighted by Crippen LogP contribution is -2.30. The SMILES string of the molecule is CC/C=C\C/C=C\C/C=C\C/C=C\CCC(=O)OC(CO)COP(=O)(O)OCC(COC(=O)CCCCCCC/C=C\C/C=C\CCCCC)OC(=O)CCCCCCCCCCCCCCCCCCCCC. The maximum Gasteiger partial charge on any atom is 0.472 e. The maximum absolute atomic E-state index is 12.9. The number of carbonyl (C=O) groups excluding carboxylic acids is 3. The average Bonchev–Trinajstić information content (AvgIpc) is 3.39. The first-order chi connectivity index (χ1) is 36.2. The summed E-state index contributed by atoms with van der Waals surface area (Å²) in [6.45, 7) is 4.43. The lowest BCUT2D eigenvalue weighted by atomic mass is 10.0. The highest BCUT2D eigenvalue weighted by atomic mass is 31.2. The van der Waals surface area contributed by atoms with E-state index >= 15 is 0 Å². The third-order valence-electron chi connectivity index (χ3n) is 12.6. The molecule has 74 heavy (non-hydrogen) atoms. The van der Waals surface area contributed by atoms with Gasteiger partial charge in [-0.2, -0.15) is 0 Å². The minimum atomic E-state index is -4.77. The Morgan fingerprint density at radius 3 is 1.19 bits per heavy atom. The van der Waals surface area contributed by atoms with Crippen LogP contribution in [-0.4, -0.2) is 66.5 Å². The maximum atomic E-state index is 12.9. The summed E-state index contributed by atoms with van der Waals surface area (Å²) in [6.07, 6.45) is 63.1. The third kappa shape index (κ3) is 53.7. The predicted octanol–water partition coefficient (Wildman–Crippen LogP) is 17.7. The summed E-state index contributed by atoms with van der Waals surface area (Å²) >= 11 is 0. The number of rotatable bonds is 55. The molecule has 0 aromatic rings. The van der Waals surface area contributed by atoms with Gasteiger partial charge < -0.3 is 24.2 Å². The van der Waals surface area contributed by atoms with E-state index in [2.05, 4.69) is 81.5 Å². The monoisotopic (exact) mass is 1060 g/mol. The molecule has 428 valence electrons. The zero-order valence-corrected chi connectivity index (χ0v) is 48.2. The lowest BCUT2D eigenvalue weighted by molar-refractivity contribution is -0.161. The first-order valence-electron chi connectivity index (χ1n) is 29.8. The molecule has 0 aliphatic rings. The highest BCUT2D eigenvalue weighted by Crippen LogP contribution is 2.43. The topological polar surface area (TPSA) is 155 Å². The third-order valence-corrected chi connectivity index (χ3v) is 13.6.